The maximum atomic E-state index is 11.6. The van der Waals surface area contributed by atoms with Crippen LogP contribution in [0.25, 0.3) is 0 Å². The summed E-state index contributed by atoms with van der Waals surface area (Å²) in [6.07, 6.45) is 3.67. The summed E-state index contributed by atoms with van der Waals surface area (Å²) in [5.41, 5.74) is 6.47. The molecule has 2 fully saturated rings. The molecule has 2 aliphatic heterocycles. The van der Waals surface area contributed by atoms with Crippen LogP contribution in [0.15, 0.2) is 24.3 Å². The molecule has 1 amide bonds. The van der Waals surface area contributed by atoms with Crippen LogP contribution in [0.1, 0.15) is 43.1 Å². The molecule has 150 valence electrons. The van der Waals surface area contributed by atoms with E-state index < -0.39 is 0 Å². The average molecular weight is 405 g/mol. The molecule has 2 atom stereocenters. The lowest BCUT2D eigenvalue weighted by molar-refractivity contribution is -0.123. The first-order chi connectivity index (χ1) is 13.6. The van der Waals surface area contributed by atoms with Gasteiger partial charge < -0.3 is 10.5 Å². The third kappa shape index (κ3) is 4.04. The quantitative estimate of drug-likeness (QED) is 0.788. The van der Waals surface area contributed by atoms with Gasteiger partial charge in [-0.25, -0.2) is 4.68 Å². The van der Waals surface area contributed by atoms with Gasteiger partial charge in [0.05, 0.1) is 18.7 Å². The van der Waals surface area contributed by atoms with Crippen molar-refractivity contribution in [2.24, 2.45) is 11.7 Å². The van der Waals surface area contributed by atoms with E-state index in [1.807, 2.05) is 28.9 Å². The molecule has 0 bridgehead atoms. The Labute approximate surface area is 169 Å². The summed E-state index contributed by atoms with van der Waals surface area (Å²) < 4.78 is 7.61. The predicted octanol–water partition coefficient (Wildman–Crippen LogP) is 1.79. The fraction of sp³-hybridized carbons (Fsp3) is 0.579. The van der Waals surface area contributed by atoms with Gasteiger partial charge in [-0.3, -0.25) is 9.69 Å². The molecule has 0 aliphatic carbocycles. The first-order valence-corrected chi connectivity index (χ1v) is 10.2. The van der Waals surface area contributed by atoms with Crippen LogP contribution < -0.4 is 5.73 Å². The number of primary amides is 1. The Hall–Kier alpha value is -2.03. The molecule has 8 nitrogen and oxygen atoms in total. The number of rotatable bonds is 6. The van der Waals surface area contributed by atoms with Crippen LogP contribution in [0.4, 0.5) is 0 Å². The van der Waals surface area contributed by atoms with Crippen molar-refractivity contribution in [3.8, 4) is 0 Å². The van der Waals surface area contributed by atoms with Crippen LogP contribution in [-0.2, 0) is 16.1 Å². The van der Waals surface area contributed by atoms with E-state index in [4.69, 9.17) is 22.1 Å². The van der Waals surface area contributed by atoms with Gasteiger partial charge >= 0.3 is 0 Å². The van der Waals surface area contributed by atoms with Crippen LogP contribution in [0.5, 0.6) is 0 Å². The third-order valence-electron chi connectivity index (χ3n) is 5.70. The second kappa shape index (κ2) is 8.55. The Morgan fingerprint density at radius 1 is 1.29 bits per heavy atom. The highest BCUT2D eigenvalue weighted by Gasteiger charge is 2.34. The molecular weight excluding hydrogens is 380 g/mol. The van der Waals surface area contributed by atoms with E-state index in [0.717, 1.165) is 56.8 Å². The number of hydrogen-bond acceptors (Lipinski definition) is 6. The van der Waals surface area contributed by atoms with Crippen LogP contribution in [-0.4, -0.2) is 56.8 Å². The van der Waals surface area contributed by atoms with E-state index in [2.05, 4.69) is 20.4 Å². The number of nitrogens with zero attached hydrogens (tertiary/aromatic N) is 5. The largest absolute Gasteiger partial charge is 0.376 e. The lowest BCUT2D eigenvalue weighted by atomic mass is 9.93. The molecule has 28 heavy (non-hydrogen) atoms. The van der Waals surface area contributed by atoms with Crippen molar-refractivity contribution in [2.75, 3.05) is 19.7 Å². The minimum absolute atomic E-state index is 0.0778. The summed E-state index contributed by atoms with van der Waals surface area (Å²) in [7, 11) is 0. The summed E-state index contributed by atoms with van der Waals surface area (Å²) >= 11 is 6.55. The molecule has 0 unspecified atom stereocenters. The van der Waals surface area contributed by atoms with Crippen molar-refractivity contribution >= 4 is 17.5 Å². The zero-order valence-corrected chi connectivity index (χ0v) is 16.5. The van der Waals surface area contributed by atoms with Crippen molar-refractivity contribution in [3.63, 3.8) is 0 Å². The molecule has 2 saturated heterocycles. The Balaban J connectivity index is 1.64. The summed E-state index contributed by atoms with van der Waals surface area (Å²) in [5, 5.41) is 13.2. The topological polar surface area (TPSA) is 99.2 Å². The lowest BCUT2D eigenvalue weighted by Gasteiger charge is -2.36. The normalized spacial score (nSPS) is 22.4. The fourth-order valence-corrected chi connectivity index (χ4v) is 4.40. The van der Waals surface area contributed by atoms with Gasteiger partial charge in [-0.1, -0.05) is 29.8 Å². The monoisotopic (exact) mass is 404 g/mol. The van der Waals surface area contributed by atoms with Crippen molar-refractivity contribution in [1.29, 1.82) is 0 Å². The van der Waals surface area contributed by atoms with Crippen molar-refractivity contribution in [3.05, 3.63) is 40.7 Å². The molecule has 1 aromatic carbocycles. The molecular formula is C19H25ClN6O2. The van der Waals surface area contributed by atoms with Gasteiger partial charge in [0.1, 0.15) is 0 Å². The SMILES string of the molecule is NC(=O)C1CCN([C@H](c2ccccc2Cl)c2nnnn2C[C@H]2CCCO2)CC1. The van der Waals surface area contributed by atoms with Gasteiger partial charge in [0, 0.05) is 17.5 Å². The smallest absolute Gasteiger partial charge is 0.220 e. The van der Waals surface area contributed by atoms with Crippen LogP contribution in [0.2, 0.25) is 5.02 Å². The number of halogens is 1. The van der Waals surface area contributed by atoms with Crippen molar-refractivity contribution < 1.29 is 9.53 Å². The van der Waals surface area contributed by atoms with E-state index in [1.165, 1.54) is 0 Å². The third-order valence-corrected chi connectivity index (χ3v) is 6.05. The average Bonchev–Trinajstić information content (AvgIpc) is 3.37. The van der Waals surface area contributed by atoms with E-state index in [-0.39, 0.29) is 24.0 Å². The summed E-state index contributed by atoms with van der Waals surface area (Å²) in [6.45, 7) is 2.88. The standard InChI is InChI=1S/C19H25ClN6O2/c20-16-6-2-1-5-15(16)17(25-9-7-13(8-10-25)18(21)27)19-22-23-24-26(19)12-14-4-3-11-28-14/h1-2,5-6,13-14,17H,3-4,7-12H2,(H2,21,27)/t14-,17-/m1/s1. The predicted molar refractivity (Wildman–Crippen MR) is 104 cm³/mol. The molecule has 4 rings (SSSR count). The number of aromatic nitrogens is 4. The second-order valence-electron chi connectivity index (χ2n) is 7.49. The number of likely N-dealkylation sites (tertiary alicyclic amines) is 1. The van der Waals surface area contributed by atoms with Gasteiger partial charge in [0.15, 0.2) is 5.82 Å². The molecule has 9 heteroatoms. The maximum absolute atomic E-state index is 11.6. The van der Waals surface area contributed by atoms with Gasteiger partial charge in [-0.15, -0.1) is 5.10 Å². The lowest BCUT2D eigenvalue weighted by Crippen LogP contribution is -2.41. The van der Waals surface area contributed by atoms with Gasteiger partial charge in [-0.05, 0) is 60.8 Å². The summed E-state index contributed by atoms with van der Waals surface area (Å²) in [5.74, 6) is 0.448. The van der Waals surface area contributed by atoms with E-state index >= 15 is 0 Å². The first kappa shape index (κ1) is 19.3. The summed E-state index contributed by atoms with van der Waals surface area (Å²) in [4.78, 5) is 13.9. The van der Waals surface area contributed by atoms with Gasteiger partial charge in [0.2, 0.25) is 5.91 Å². The van der Waals surface area contributed by atoms with Crippen LogP contribution >= 0.6 is 11.6 Å². The van der Waals surface area contributed by atoms with E-state index in [1.54, 1.807) is 0 Å². The van der Waals surface area contributed by atoms with Crippen molar-refractivity contribution in [2.45, 2.75) is 44.4 Å². The zero-order chi connectivity index (χ0) is 19.5. The van der Waals surface area contributed by atoms with E-state index in [0.29, 0.717) is 11.6 Å². The fourth-order valence-electron chi connectivity index (χ4n) is 4.16. The molecule has 0 radical (unpaired) electrons. The first-order valence-electron chi connectivity index (χ1n) is 9.79. The zero-order valence-electron chi connectivity index (χ0n) is 15.7. The molecule has 0 saturated carbocycles. The highest BCUT2D eigenvalue weighted by molar-refractivity contribution is 6.31. The number of carbonyl (C=O) groups excluding carboxylic acids is 1. The molecule has 2 aliphatic rings. The number of hydrogen-bond donors (Lipinski definition) is 1. The molecule has 1 aromatic heterocycles. The number of carbonyl (C=O) groups is 1. The Morgan fingerprint density at radius 3 is 2.75 bits per heavy atom. The highest BCUT2D eigenvalue weighted by Crippen LogP contribution is 2.35. The molecule has 2 N–H and O–H groups in total. The second-order valence-corrected chi connectivity index (χ2v) is 7.90. The van der Waals surface area contributed by atoms with Crippen LogP contribution in [0, 0.1) is 5.92 Å². The molecule has 2 aromatic rings. The number of ether oxygens (including phenoxy) is 1. The molecule has 3 heterocycles. The number of amides is 1. The van der Waals surface area contributed by atoms with Gasteiger partial charge in [0.25, 0.3) is 0 Å². The van der Waals surface area contributed by atoms with Gasteiger partial charge in [-0.2, -0.15) is 0 Å². The minimum Gasteiger partial charge on any atom is -0.376 e. The number of tetrazole rings is 1. The maximum Gasteiger partial charge on any atom is 0.220 e. The highest BCUT2D eigenvalue weighted by atomic mass is 35.5. The Morgan fingerprint density at radius 2 is 2.07 bits per heavy atom. The van der Waals surface area contributed by atoms with Crippen LogP contribution in [0.3, 0.4) is 0 Å². The minimum atomic E-state index is -0.225. The Bertz CT molecular complexity index is 814. The van der Waals surface area contributed by atoms with E-state index in [9.17, 15) is 4.79 Å². The Kier molecular flexibility index (Phi) is 5.89. The number of benzene rings is 1. The molecule has 0 spiro atoms. The van der Waals surface area contributed by atoms with Crippen molar-refractivity contribution in [1.82, 2.24) is 25.1 Å². The number of nitrogens with two attached hydrogens (primary N) is 1. The number of piperidine rings is 1. The summed E-state index contributed by atoms with van der Waals surface area (Å²) in [6, 6.07) is 7.60.